The molecule has 0 radical (unpaired) electrons. The van der Waals surface area contributed by atoms with E-state index in [0.29, 0.717) is 32.9 Å². The van der Waals surface area contributed by atoms with Crippen LogP contribution in [0.1, 0.15) is 22.3 Å². The Hall–Kier alpha value is -3.84. The average Bonchev–Trinajstić information content (AvgIpc) is 2.87. The maximum absolute atomic E-state index is 12.5. The fraction of sp³-hybridized carbons (Fsp3) is 0.179. The van der Waals surface area contributed by atoms with Crippen molar-refractivity contribution in [1.82, 2.24) is 5.32 Å². The van der Waals surface area contributed by atoms with Gasteiger partial charge in [-0.3, -0.25) is 9.59 Å². The zero-order valence-electron chi connectivity index (χ0n) is 20.2. The van der Waals surface area contributed by atoms with Crippen LogP contribution in [0.4, 0.5) is 5.69 Å². The minimum Gasteiger partial charge on any atom is -0.493 e. The van der Waals surface area contributed by atoms with Crippen LogP contribution in [0.25, 0.3) is 6.08 Å². The van der Waals surface area contributed by atoms with Gasteiger partial charge in [0.1, 0.15) is 11.6 Å². The van der Waals surface area contributed by atoms with Crippen molar-refractivity contribution >= 4 is 46.2 Å². The lowest BCUT2D eigenvalue weighted by atomic mass is 10.1. The highest BCUT2D eigenvalue weighted by molar-refractivity contribution is 14.1. The minimum atomic E-state index is -0.473. The summed E-state index contributed by atoms with van der Waals surface area (Å²) in [5.74, 6) is 0.00670. The topological polar surface area (TPSA) is 100 Å². The zero-order chi connectivity index (χ0) is 26.1. The summed E-state index contributed by atoms with van der Waals surface area (Å²) in [6.07, 6.45) is 1.49. The van der Waals surface area contributed by atoms with Crippen LogP contribution in [0, 0.1) is 28.7 Å². The van der Waals surface area contributed by atoms with Crippen molar-refractivity contribution in [3.05, 3.63) is 92.1 Å². The standard InChI is InChI=1S/C28H26IN3O4/c1-18-9-10-23(11-19(18)2)32-26(33)17-36-27-24(29)13-21(14-25(27)35-3)12-22(15-30)28(34)31-16-20-7-5-4-6-8-20/h4-14H,16-17H2,1-3H3,(H,31,34)(H,32,33)/b22-12+. The van der Waals surface area contributed by atoms with E-state index in [4.69, 9.17) is 9.47 Å². The summed E-state index contributed by atoms with van der Waals surface area (Å²) in [4.78, 5) is 24.9. The number of hydrogen-bond donors (Lipinski definition) is 2. The summed E-state index contributed by atoms with van der Waals surface area (Å²) in [5, 5.41) is 15.1. The average molecular weight is 595 g/mol. The van der Waals surface area contributed by atoms with Crippen LogP contribution < -0.4 is 20.1 Å². The number of anilines is 1. The summed E-state index contributed by atoms with van der Waals surface area (Å²) in [6, 6.07) is 20.5. The van der Waals surface area contributed by atoms with E-state index >= 15 is 0 Å². The summed E-state index contributed by atoms with van der Waals surface area (Å²) in [6.45, 7) is 4.10. The van der Waals surface area contributed by atoms with Gasteiger partial charge in [-0.05, 0) is 89.0 Å². The number of carbonyl (C=O) groups is 2. The van der Waals surface area contributed by atoms with Crippen LogP contribution in [0.3, 0.4) is 0 Å². The molecular formula is C28H26IN3O4. The molecule has 7 nitrogen and oxygen atoms in total. The van der Waals surface area contributed by atoms with Crippen LogP contribution in [0.2, 0.25) is 0 Å². The van der Waals surface area contributed by atoms with Gasteiger partial charge in [-0.2, -0.15) is 5.26 Å². The number of nitrogens with zero attached hydrogens (tertiary/aromatic N) is 1. The van der Waals surface area contributed by atoms with E-state index < -0.39 is 5.91 Å². The molecule has 3 aromatic rings. The highest BCUT2D eigenvalue weighted by Gasteiger charge is 2.15. The van der Waals surface area contributed by atoms with Gasteiger partial charge in [0.2, 0.25) is 0 Å². The number of benzene rings is 3. The number of carbonyl (C=O) groups excluding carboxylic acids is 2. The third-order valence-corrected chi connectivity index (χ3v) is 6.16. The van der Waals surface area contributed by atoms with Crippen molar-refractivity contribution in [2.45, 2.75) is 20.4 Å². The van der Waals surface area contributed by atoms with E-state index in [2.05, 4.69) is 33.2 Å². The van der Waals surface area contributed by atoms with Gasteiger partial charge in [-0.25, -0.2) is 0 Å². The molecule has 0 fully saturated rings. The molecule has 0 bridgehead atoms. The monoisotopic (exact) mass is 595 g/mol. The first-order chi connectivity index (χ1) is 17.3. The Kier molecular flexibility index (Phi) is 9.47. The predicted molar refractivity (Wildman–Crippen MR) is 148 cm³/mol. The molecule has 0 unspecified atom stereocenters. The van der Waals surface area contributed by atoms with Crippen LogP contribution >= 0.6 is 22.6 Å². The van der Waals surface area contributed by atoms with Gasteiger partial charge in [0.25, 0.3) is 11.8 Å². The summed E-state index contributed by atoms with van der Waals surface area (Å²) in [5.41, 5.74) is 4.41. The number of methoxy groups -OCH3 is 1. The highest BCUT2D eigenvalue weighted by Crippen LogP contribution is 2.34. The molecule has 0 aliphatic carbocycles. The van der Waals surface area contributed by atoms with Gasteiger partial charge < -0.3 is 20.1 Å². The number of aryl methyl sites for hydroxylation is 2. The van der Waals surface area contributed by atoms with Gasteiger partial charge in [0, 0.05) is 12.2 Å². The Labute approximate surface area is 224 Å². The van der Waals surface area contributed by atoms with Gasteiger partial charge in [0.15, 0.2) is 18.1 Å². The molecule has 36 heavy (non-hydrogen) atoms. The van der Waals surface area contributed by atoms with E-state index in [-0.39, 0.29) is 18.1 Å². The fourth-order valence-corrected chi connectivity index (χ4v) is 4.09. The lowest BCUT2D eigenvalue weighted by Crippen LogP contribution is -2.23. The molecule has 0 aromatic heterocycles. The number of halogens is 1. The highest BCUT2D eigenvalue weighted by atomic mass is 127. The Morgan fingerprint density at radius 2 is 1.81 bits per heavy atom. The first-order valence-electron chi connectivity index (χ1n) is 11.1. The fourth-order valence-electron chi connectivity index (χ4n) is 3.31. The molecule has 2 N–H and O–H groups in total. The second-order valence-corrected chi connectivity index (χ2v) is 9.17. The molecule has 0 aliphatic heterocycles. The van der Waals surface area contributed by atoms with Gasteiger partial charge >= 0.3 is 0 Å². The van der Waals surface area contributed by atoms with E-state index in [1.165, 1.54) is 13.2 Å². The van der Waals surface area contributed by atoms with E-state index in [0.717, 1.165) is 16.7 Å². The maximum Gasteiger partial charge on any atom is 0.262 e. The zero-order valence-corrected chi connectivity index (χ0v) is 22.4. The minimum absolute atomic E-state index is 0.0368. The Balaban J connectivity index is 1.69. The Bertz CT molecular complexity index is 1330. The number of hydrogen-bond acceptors (Lipinski definition) is 5. The number of amides is 2. The first kappa shape index (κ1) is 26.8. The molecular weight excluding hydrogens is 569 g/mol. The molecule has 0 atom stereocenters. The molecule has 8 heteroatoms. The lowest BCUT2D eigenvalue weighted by Gasteiger charge is -2.14. The smallest absolute Gasteiger partial charge is 0.262 e. The SMILES string of the molecule is COc1cc(/C=C(\C#N)C(=O)NCc2ccccc2)cc(I)c1OCC(=O)Nc1ccc(C)c(C)c1. The maximum atomic E-state index is 12.5. The summed E-state index contributed by atoms with van der Waals surface area (Å²) >= 11 is 2.06. The van der Waals surface area contributed by atoms with Gasteiger partial charge in [0.05, 0.1) is 10.7 Å². The summed E-state index contributed by atoms with van der Waals surface area (Å²) < 4.78 is 11.9. The third-order valence-electron chi connectivity index (χ3n) is 5.36. The van der Waals surface area contributed by atoms with Gasteiger partial charge in [-0.1, -0.05) is 36.4 Å². The van der Waals surface area contributed by atoms with Crippen molar-refractivity contribution in [3.8, 4) is 17.6 Å². The van der Waals surface area contributed by atoms with E-state index in [9.17, 15) is 14.9 Å². The number of nitrogens with one attached hydrogen (secondary N) is 2. The quantitative estimate of drug-likeness (QED) is 0.202. The number of rotatable bonds is 9. The molecule has 3 aromatic carbocycles. The van der Waals surface area contributed by atoms with Crippen LogP contribution in [-0.4, -0.2) is 25.5 Å². The molecule has 0 heterocycles. The van der Waals surface area contributed by atoms with Crippen molar-refractivity contribution in [2.24, 2.45) is 0 Å². The van der Waals surface area contributed by atoms with Crippen LogP contribution in [0.15, 0.2) is 66.2 Å². The normalized spacial score (nSPS) is 10.8. The van der Waals surface area contributed by atoms with Crippen molar-refractivity contribution in [3.63, 3.8) is 0 Å². The van der Waals surface area contributed by atoms with Crippen molar-refractivity contribution in [1.29, 1.82) is 5.26 Å². The second kappa shape index (κ2) is 12.7. The molecule has 0 saturated heterocycles. The molecule has 2 amide bonds. The van der Waals surface area contributed by atoms with E-state index in [1.54, 1.807) is 12.1 Å². The summed E-state index contributed by atoms with van der Waals surface area (Å²) in [7, 11) is 1.48. The molecule has 0 spiro atoms. The van der Waals surface area contributed by atoms with Crippen molar-refractivity contribution in [2.75, 3.05) is 19.0 Å². The molecule has 3 rings (SSSR count). The molecule has 184 valence electrons. The molecule has 0 saturated carbocycles. The second-order valence-electron chi connectivity index (χ2n) is 8.01. The third kappa shape index (κ3) is 7.33. The predicted octanol–water partition coefficient (Wildman–Crippen LogP) is 5.16. The van der Waals surface area contributed by atoms with Gasteiger partial charge in [-0.15, -0.1) is 0 Å². The van der Waals surface area contributed by atoms with E-state index in [1.807, 2.05) is 68.4 Å². The lowest BCUT2D eigenvalue weighted by molar-refractivity contribution is -0.118. The van der Waals surface area contributed by atoms with Crippen LogP contribution in [-0.2, 0) is 16.1 Å². The Morgan fingerprint density at radius 1 is 1.06 bits per heavy atom. The first-order valence-corrected chi connectivity index (χ1v) is 12.2. The number of nitriles is 1. The largest absolute Gasteiger partial charge is 0.493 e. The Morgan fingerprint density at radius 3 is 2.47 bits per heavy atom. The molecule has 0 aliphatic rings. The van der Waals surface area contributed by atoms with Crippen LogP contribution in [0.5, 0.6) is 11.5 Å². The van der Waals surface area contributed by atoms with Crippen molar-refractivity contribution < 1.29 is 19.1 Å². The number of ether oxygens (including phenoxy) is 2.